The lowest BCUT2D eigenvalue weighted by Gasteiger charge is -2.50. The summed E-state index contributed by atoms with van der Waals surface area (Å²) >= 11 is 0. The zero-order chi connectivity index (χ0) is 24.9. The third kappa shape index (κ3) is 6.40. The summed E-state index contributed by atoms with van der Waals surface area (Å²) in [5, 5.41) is 0.150. The molecule has 3 heteroatoms. The topological polar surface area (TPSA) is 26.3 Å². The van der Waals surface area contributed by atoms with Crippen molar-refractivity contribution in [2.75, 3.05) is 0 Å². The van der Waals surface area contributed by atoms with Gasteiger partial charge in [0.05, 0.1) is 6.10 Å². The van der Waals surface area contributed by atoms with Gasteiger partial charge >= 0.3 is 0 Å². The first-order valence-corrected chi connectivity index (χ1v) is 16.0. The van der Waals surface area contributed by atoms with Crippen LogP contribution in [0.5, 0.6) is 0 Å². The number of hydrogen-bond donors (Lipinski definition) is 0. The molecular weight excluding hydrogens is 432 g/mol. The number of Topliss-reactive ketones (excluding diaryl/α,β-unsaturated/α-hetero) is 1. The van der Waals surface area contributed by atoms with Crippen LogP contribution >= 0.6 is 0 Å². The van der Waals surface area contributed by atoms with Gasteiger partial charge in [0.1, 0.15) is 5.78 Å². The molecule has 34 heavy (non-hydrogen) atoms. The fourth-order valence-electron chi connectivity index (χ4n) is 4.71. The summed E-state index contributed by atoms with van der Waals surface area (Å²) in [6, 6.07) is 10.3. The zero-order valence-electron chi connectivity index (χ0n) is 22.2. The van der Waals surface area contributed by atoms with Crippen LogP contribution < -0.4 is 0 Å². The van der Waals surface area contributed by atoms with Crippen LogP contribution in [0.4, 0.5) is 0 Å². The first-order chi connectivity index (χ1) is 16.0. The van der Waals surface area contributed by atoms with E-state index in [1.807, 2.05) is 18.2 Å². The van der Waals surface area contributed by atoms with Gasteiger partial charge in [0.15, 0.2) is 8.32 Å². The molecule has 2 aliphatic rings. The molecule has 0 radical (unpaired) electrons. The highest BCUT2D eigenvalue weighted by atomic mass is 28.4. The number of carbonyl (C=O) groups is 1. The van der Waals surface area contributed by atoms with E-state index >= 15 is 0 Å². The second-order valence-corrected chi connectivity index (χ2v) is 16.9. The summed E-state index contributed by atoms with van der Waals surface area (Å²) in [7, 11) is -1.96. The Kier molecular flexibility index (Phi) is 8.48. The minimum Gasteiger partial charge on any atom is -0.410 e. The maximum atomic E-state index is 12.5. The highest BCUT2D eigenvalue weighted by molar-refractivity contribution is 6.74. The monoisotopic (exact) mass is 476 g/mol. The largest absolute Gasteiger partial charge is 0.410 e. The zero-order valence-corrected chi connectivity index (χ0v) is 23.2. The maximum Gasteiger partial charge on any atom is 0.192 e. The fourth-order valence-corrected chi connectivity index (χ4v) is 6.03. The van der Waals surface area contributed by atoms with Crippen LogP contribution in [0.25, 0.3) is 0 Å². The molecule has 184 valence electrons. The minimum atomic E-state index is -1.96. The van der Waals surface area contributed by atoms with Crippen molar-refractivity contribution in [3.05, 3.63) is 60.2 Å². The van der Waals surface area contributed by atoms with Crippen LogP contribution in [0.2, 0.25) is 18.1 Å². The van der Waals surface area contributed by atoms with E-state index < -0.39 is 8.32 Å². The molecule has 2 saturated carbocycles. The molecule has 0 aliphatic heterocycles. The molecule has 2 aliphatic carbocycles. The highest BCUT2D eigenvalue weighted by Crippen LogP contribution is 2.50. The van der Waals surface area contributed by atoms with Gasteiger partial charge in [-0.1, -0.05) is 88.0 Å². The van der Waals surface area contributed by atoms with Crippen LogP contribution in [0.3, 0.4) is 0 Å². The molecule has 0 bridgehead atoms. The van der Waals surface area contributed by atoms with Crippen molar-refractivity contribution >= 4 is 14.1 Å². The van der Waals surface area contributed by atoms with E-state index in [2.05, 4.69) is 89.1 Å². The van der Waals surface area contributed by atoms with E-state index in [1.54, 1.807) is 0 Å². The van der Waals surface area contributed by atoms with Crippen molar-refractivity contribution < 1.29 is 9.22 Å². The number of benzene rings is 1. The first-order valence-electron chi connectivity index (χ1n) is 13.1. The molecule has 2 unspecified atom stereocenters. The van der Waals surface area contributed by atoms with Crippen LogP contribution in [0.1, 0.15) is 84.6 Å². The third-order valence-electron chi connectivity index (χ3n) is 8.48. The summed E-state index contributed by atoms with van der Waals surface area (Å²) < 4.78 is 7.03. The van der Waals surface area contributed by atoms with Crippen molar-refractivity contribution in [3.8, 4) is 11.8 Å². The quantitative estimate of drug-likeness (QED) is 0.225. The highest BCUT2D eigenvalue weighted by Gasteiger charge is 2.48. The second-order valence-electron chi connectivity index (χ2n) is 12.2. The average Bonchev–Trinajstić information content (AvgIpc) is 2.74. The van der Waals surface area contributed by atoms with E-state index in [-0.39, 0.29) is 22.0 Å². The lowest BCUT2D eigenvalue weighted by atomic mass is 9.63. The average molecular weight is 477 g/mol. The Hall–Kier alpha value is -1.89. The minimum absolute atomic E-state index is 0.0479. The molecule has 0 aromatic heterocycles. The predicted molar refractivity (Wildman–Crippen MR) is 146 cm³/mol. The van der Waals surface area contributed by atoms with Crippen molar-refractivity contribution in [1.82, 2.24) is 0 Å². The molecule has 0 saturated heterocycles. The molecular formula is C31H44O2Si. The normalized spacial score (nSPS) is 24.0. The number of carbonyl (C=O) groups excluding carboxylic acids is 1. The van der Waals surface area contributed by atoms with Crippen molar-refractivity contribution in [1.29, 1.82) is 0 Å². The molecule has 1 aromatic rings. The van der Waals surface area contributed by atoms with E-state index in [0.29, 0.717) is 12.2 Å². The number of ketones is 1. The maximum absolute atomic E-state index is 12.5. The third-order valence-corrected chi connectivity index (χ3v) is 12.9. The number of rotatable bonds is 7. The van der Waals surface area contributed by atoms with Crippen LogP contribution in [-0.2, 0) is 9.22 Å². The van der Waals surface area contributed by atoms with Gasteiger partial charge in [-0.2, -0.15) is 0 Å². The van der Waals surface area contributed by atoms with Gasteiger partial charge in [-0.25, -0.2) is 0 Å². The van der Waals surface area contributed by atoms with Gasteiger partial charge in [0.2, 0.25) is 0 Å². The van der Waals surface area contributed by atoms with Gasteiger partial charge in [0.25, 0.3) is 0 Å². The lowest BCUT2D eigenvalue weighted by molar-refractivity contribution is -0.127. The van der Waals surface area contributed by atoms with Gasteiger partial charge in [0, 0.05) is 29.2 Å². The molecule has 2 fully saturated rings. The van der Waals surface area contributed by atoms with E-state index in [9.17, 15) is 4.79 Å². The Bertz CT molecular complexity index is 951. The molecule has 0 spiro atoms. The van der Waals surface area contributed by atoms with Gasteiger partial charge in [-0.15, -0.1) is 0 Å². The SMILES string of the molecule is CC1(/C=C/C=C/C(O[Si](C)(C)C(C)(C)C)C2(CC#Cc3ccccc3)CCC2)CCCCC1=O. The molecule has 2 atom stereocenters. The van der Waals surface area contributed by atoms with E-state index in [4.69, 9.17) is 4.43 Å². The number of hydrogen-bond acceptors (Lipinski definition) is 2. The molecule has 2 nitrogen and oxygen atoms in total. The molecule has 0 N–H and O–H groups in total. The Morgan fingerprint density at radius 2 is 1.76 bits per heavy atom. The Labute approximate surface area is 209 Å². The fraction of sp³-hybridized carbons (Fsp3) is 0.581. The summed E-state index contributed by atoms with van der Waals surface area (Å²) in [6.07, 6.45) is 16.9. The van der Waals surface area contributed by atoms with Crippen LogP contribution in [0, 0.1) is 22.7 Å². The smallest absolute Gasteiger partial charge is 0.192 e. The van der Waals surface area contributed by atoms with Gasteiger partial charge < -0.3 is 4.43 Å². The Morgan fingerprint density at radius 3 is 2.35 bits per heavy atom. The molecule has 0 heterocycles. The van der Waals surface area contributed by atoms with Gasteiger partial charge in [-0.3, -0.25) is 4.79 Å². The summed E-state index contributed by atoms with van der Waals surface area (Å²) in [6.45, 7) is 13.7. The lowest BCUT2D eigenvalue weighted by Crippen LogP contribution is -2.50. The van der Waals surface area contributed by atoms with Crippen molar-refractivity contribution in [2.45, 2.75) is 103 Å². The standard InChI is InChI=1S/C31H44O2Si/c1-29(2,3)34(5,6)33-28(20-11-13-22-30(4)21-12-10-19-27(30)32)31(24-15-25-31)23-14-18-26-16-8-7-9-17-26/h7-9,11,13,16-17,20,22,28H,10,12,15,19,21,23-25H2,1-6H3/b20-11+,22-13+. The molecule has 1 aromatic carbocycles. The van der Waals surface area contributed by atoms with E-state index in [0.717, 1.165) is 44.1 Å². The Balaban J connectivity index is 1.82. The summed E-state index contributed by atoms with van der Waals surface area (Å²) in [5.41, 5.74) is 0.836. The Morgan fingerprint density at radius 1 is 1.06 bits per heavy atom. The van der Waals surface area contributed by atoms with E-state index in [1.165, 1.54) is 6.42 Å². The van der Waals surface area contributed by atoms with Crippen LogP contribution in [0.15, 0.2) is 54.6 Å². The van der Waals surface area contributed by atoms with Crippen molar-refractivity contribution in [2.24, 2.45) is 10.8 Å². The predicted octanol–water partition coefficient (Wildman–Crippen LogP) is 8.25. The summed E-state index contributed by atoms with van der Waals surface area (Å²) in [5.74, 6) is 7.24. The van der Waals surface area contributed by atoms with Crippen molar-refractivity contribution in [3.63, 3.8) is 0 Å². The molecule has 3 rings (SSSR count). The number of allylic oxidation sites excluding steroid dienone is 3. The summed E-state index contributed by atoms with van der Waals surface area (Å²) in [4.78, 5) is 12.5. The first kappa shape index (κ1) is 26.7. The van der Waals surface area contributed by atoms with Crippen LogP contribution in [-0.4, -0.2) is 20.2 Å². The second kappa shape index (κ2) is 10.8. The molecule has 0 amide bonds. The van der Waals surface area contributed by atoms with Gasteiger partial charge in [-0.05, 0) is 62.9 Å².